The minimum absolute atomic E-state index is 0.0209. The number of aromatic nitrogens is 2. The summed E-state index contributed by atoms with van der Waals surface area (Å²) in [5, 5.41) is 14.9. The van der Waals surface area contributed by atoms with Gasteiger partial charge in [-0.1, -0.05) is 48.1 Å². The van der Waals surface area contributed by atoms with Crippen LogP contribution < -0.4 is 10.6 Å². The van der Waals surface area contributed by atoms with Crippen molar-refractivity contribution in [2.45, 2.75) is 46.8 Å². The van der Waals surface area contributed by atoms with Crippen LogP contribution >= 0.6 is 11.3 Å². The van der Waals surface area contributed by atoms with Crippen LogP contribution in [0.5, 0.6) is 0 Å². The zero-order valence-corrected chi connectivity index (χ0v) is 17.1. The van der Waals surface area contributed by atoms with Crippen LogP contribution in [0.1, 0.15) is 46.7 Å². The number of carbonyl (C=O) groups is 2. The van der Waals surface area contributed by atoms with Crippen molar-refractivity contribution in [3.63, 3.8) is 0 Å². The summed E-state index contributed by atoms with van der Waals surface area (Å²) in [6.45, 7) is 9.82. The van der Waals surface area contributed by atoms with Gasteiger partial charge in [0.2, 0.25) is 10.9 Å². The summed E-state index contributed by atoms with van der Waals surface area (Å²) in [6, 6.07) is 8.12. The van der Waals surface area contributed by atoms with E-state index >= 15 is 0 Å². The quantitative estimate of drug-likeness (QED) is 0.686. The molecular formula is C19H27N5O2S. The van der Waals surface area contributed by atoms with Gasteiger partial charge >= 0.3 is 0 Å². The number of carbonyl (C=O) groups excluding carboxylic acids is 2. The van der Waals surface area contributed by atoms with E-state index < -0.39 is 0 Å². The van der Waals surface area contributed by atoms with Crippen molar-refractivity contribution >= 4 is 23.2 Å². The number of hydrogen-bond acceptors (Lipinski definition) is 6. The summed E-state index contributed by atoms with van der Waals surface area (Å²) < 4.78 is 0. The van der Waals surface area contributed by atoms with Crippen LogP contribution in [-0.4, -0.2) is 46.0 Å². The molecule has 2 N–H and O–H groups in total. The molecule has 7 nitrogen and oxygen atoms in total. The van der Waals surface area contributed by atoms with Gasteiger partial charge in [0.15, 0.2) is 0 Å². The van der Waals surface area contributed by atoms with Gasteiger partial charge in [-0.3, -0.25) is 14.5 Å². The molecule has 0 fully saturated rings. The number of nitrogens with zero attached hydrogens (tertiary/aromatic N) is 3. The van der Waals surface area contributed by atoms with Crippen LogP contribution in [0.4, 0.5) is 0 Å². The van der Waals surface area contributed by atoms with E-state index in [0.29, 0.717) is 31.2 Å². The molecule has 0 radical (unpaired) electrons. The van der Waals surface area contributed by atoms with Crippen LogP contribution in [0.15, 0.2) is 24.3 Å². The predicted octanol–water partition coefficient (Wildman–Crippen LogP) is 2.12. The first kappa shape index (κ1) is 21.0. The van der Waals surface area contributed by atoms with E-state index in [1.54, 1.807) is 0 Å². The number of nitrogens with one attached hydrogen (secondary N) is 2. The number of hydrogen-bond donors (Lipinski definition) is 2. The number of benzene rings is 1. The van der Waals surface area contributed by atoms with Crippen molar-refractivity contribution in [2.75, 3.05) is 13.1 Å². The fourth-order valence-corrected chi connectivity index (χ4v) is 3.21. The van der Waals surface area contributed by atoms with E-state index in [4.69, 9.17) is 0 Å². The summed E-state index contributed by atoms with van der Waals surface area (Å²) >= 11 is 1.26. The SMILES string of the molecule is CCN(CC(=O)NC(C)C)Cc1nnc(C(=O)NCc2ccc(C)cc2)s1. The van der Waals surface area contributed by atoms with Crippen molar-refractivity contribution in [1.82, 2.24) is 25.7 Å². The molecule has 0 bridgehead atoms. The second kappa shape index (κ2) is 10.1. The number of amides is 2. The lowest BCUT2D eigenvalue weighted by Gasteiger charge is -2.19. The molecule has 0 saturated heterocycles. The smallest absolute Gasteiger partial charge is 0.282 e. The normalized spacial score (nSPS) is 11.0. The third kappa shape index (κ3) is 7.07. The van der Waals surface area contributed by atoms with E-state index in [1.807, 2.05) is 56.9 Å². The van der Waals surface area contributed by atoms with Gasteiger partial charge in [-0.2, -0.15) is 0 Å². The third-order valence-electron chi connectivity index (χ3n) is 3.86. The second-order valence-corrected chi connectivity index (χ2v) is 7.76. The molecule has 2 rings (SSSR count). The van der Waals surface area contributed by atoms with Crippen LogP contribution in [0, 0.1) is 6.92 Å². The third-order valence-corrected chi connectivity index (χ3v) is 4.76. The topological polar surface area (TPSA) is 87.2 Å². The number of likely N-dealkylation sites (N-methyl/N-ethyl adjacent to an activating group) is 1. The van der Waals surface area contributed by atoms with Gasteiger partial charge < -0.3 is 10.6 Å². The second-order valence-electron chi connectivity index (χ2n) is 6.69. The van der Waals surface area contributed by atoms with Crippen molar-refractivity contribution in [2.24, 2.45) is 0 Å². The van der Waals surface area contributed by atoms with Crippen LogP contribution in [0.25, 0.3) is 0 Å². The minimum Gasteiger partial charge on any atom is -0.353 e. The molecule has 0 spiro atoms. The fraction of sp³-hybridized carbons (Fsp3) is 0.474. The summed E-state index contributed by atoms with van der Waals surface area (Å²) in [5.74, 6) is -0.257. The fourth-order valence-electron chi connectivity index (χ4n) is 2.41. The molecule has 0 aliphatic heterocycles. The Bertz CT molecular complexity index is 758. The largest absolute Gasteiger partial charge is 0.353 e. The Morgan fingerprint density at radius 2 is 1.89 bits per heavy atom. The first-order valence-corrected chi connectivity index (χ1v) is 9.86. The molecule has 1 heterocycles. The maximum atomic E-state index is 12.3. The molecule has 1 aromatic heterocycles. The highest BCUT2D eigenvalue weighted by atomic mass is 32.1. The summed E-state index contributed by atoms with van der Waals surface area (Å²) in [6.07, 6.45) is 0. The lowest BCUT2D eigenvalue weighted by Crippen LogP contribution is -2.39. The Morgan fingerprint density at radius 3 is 2.52 bits per heavy atom. The zero-order chi connectivity index (χ0) is 19.8. The average Bonchev–Trinajstić information content (AvgIpc) is 3.08. The van der Waals surface area contributed by atoms with Crippen LogP contribution in [0.2, 0.25) is 0 Å². The van der Waals surface area contributed by atoms with E-state index in [2.05, 4.69) is 20.8 Å². The maximum Gasteiger partial charge on any atom is 0.282 e. The first-order valence-electron chi connectivity index (χ1n) is 9.05. The number of aryl methyl sites for hydroxylation is 1. The molecule has 2 aromatic rings. The molecule has 0 unspecified atom stereocenters. The van der Waals surface area contributed by atoms with Gasteiger partial charge in [-0.05, 0) is 32.9 Å². The lowest BCUT2D eigenvalue weighted by atomic mass is 10.1. The van der Waals surface area contributed by atoms with Crippen molar-refractivity contribution < 1.29 is 9.59 Å². The Kier molecular flexibility index (Phi) is 7.87. The molecule has 0 aliphatic rings. The summed E-state index contributed by atoms with van der Waals surface area (Å²) in [7, 11) is 0. The van der Waals surface area contributed by atoms with Gasteiger partial charge in [-0.15, -0.1) is 10.2 Å². The van der Waals surface area contributed by atoms with Gasteiger partial charge in [0.05, 0.1) is 13.1 Å². The van der Waals surface area contributed by atoms with Gasteiger partial charge in [0, 0.05) is 12.6 Å². The maximum absolute atomic E-state index is 12.3. The van der Waals surface area contributed by atoms with Crippen LogP contribution in [-0.2, 0) is 17.9 Å². The van der Waals surface area contributed by atoms with E-state index in [-0.39, 0.29) is 17.9 Å². The van der Waals surface area contributed by atoms with Crippen molar-refractivity contribution in [1.29, 1.82) is 0 Å². The monoisotopic (exact) mass is 389 g/mol. The van der Waals surface area contributed by atoms with Gasteiger partial charge in [0.1, 0.15) is 5.01 Å². The Balaban J connectivity index is 1.87. The first-order chi connectivity index (χ1) is 12.9. The predicted molar refractivity (Wildman–Crippen MR) is 106 cm³/mol. The highest BCUT2D eigenvalue weighted by Gasteiger charge is 2.16. The molecule has 0 aliphatic carbocycles. The molecule has 27 heavy (non-hydrogen) atoms. The van der Waals surface area contributed by atoms with Crippen molar-refractivity contribution in [3.8, 4) is 0 Å². The highest BCUT2D eigenvalue weighted by Crippen LogP contribution is 2.12. The molecular weight excluding hydrogens is 362 g/mol. The summed E-state index contributed by atoms with van der Waals surface area (Å²) in [5.41, 5.74) is 2.22. The molecule has 1 aromatic carbocycles. The molecule has 0 saturated carbocycles. The van der Waals surface area contributed by atoms with E-state index in [1.165, 1.54) is 16.9 Å². The molecule has 0 atom stereocenters. The standard InChI is InChI=1S/C19H27N5O2S/c1-5-24(11-16(25)21-13(2)3)12-17-22-23-19(27-17)18(26)20-10-15-8-6-14(4)7-9-15/h6-9,13H,5,10-12H2,1-4H3,(H,20,26)(H,21,25). The van der Waals surface area contributed by atoms with Crippen LogP contribution in [0.3, 0.4) is 0 Å². The highest BCUT2D eigenvalue weighted by molar-refractivity contribution is 7.13. The van der Waals surface area contributed by atoms with Crippen molar-refractivity contribution in [3.05, 3.63) is 45.4 Å². The Hall–Kier alpha value is -2.32. The Labute approximate surface area is 164 Å². The van der Waals surface area contributed by atoms with E-state index in [9.17, 15) is 9.59 Å². The van der Waals surface area contributed by atoms with E-state index in [0.717, 1.165) is 10.6 Å². The number of rotatable bonds is 9. The van der Waals surface area contributed by atoms with Gasteiger partial charge in [0.25, 0.3) is 5.91 Å². The molecule has 8 heteroatoms. The minimum atomic E-state index is -0.236. The zero-order valence-electron chi connectivity index (χ0n) is 16.3. The molecule has 2 amide bonds. The Morgan fingerprint density at radius 1 is 1.19 bits per heavy atom. The van der Waals surface area contributed by atoms with Gasteiger partial charge in [-0.25, -0.2) is 0 Å². The average molecular weight is 390 g/mol. The lowest BCUT2D eigenvalue weighted by molar-refractivity contribution is -0.122. The summed E-state index contributed by atoms with van der Waals surface area (Å²) in [4.78, 5) is 26.2. The molecule has 146 valence electrons.